The minimum atomic E-state index is -4.43. The van der Waals surface area contributed by atoms with Crippen LogP contribution >= 0.6 is 0 Å². The number of aliphatic hydroxyl groups is 1. The highest BCUT2D eigenvalue weighted by atomic mass is 19.4. The molecule has 2 saturated carbocycles. The Bertz CT molecular complexity index is 894. The van der Waals surface area contributed by atoms with E-state index in [-0.39, 0.29) is 23.8 Å². The molecular formula is C19H22F3N3O2. The predicted octanol–water partition coefficient (Wildman–Crippen LogP) is 4.13. The van der Waals surface area contributed by atoms with Gasteiger partial charge in [0.05, 0.1) is 22.2 Å². The average molecular weight is 381 g/mol. The fourth-order valence-corrected chi connectivity index (χ4v) is 3.84. The Hall–Kier alpha value is -2.09. The van der Waals surface area contributed by atoms with Crippen LogP contribution in [0, 0.1) is 11.8 Å². The van der Waals surface area contributed by atoms with Crippen molar-refractivity contribution in [2.45, 2.75) is 57.3 Å². The Labute approximate surface area is 154 Å². The van der Waals surface area contributed by atoms with E-state index < -0.39 is 17.3 Å². The number of amides is 1. The van der Waals surface area contributed by atoms with E-state index in [2.05, 4.69) is 10.3 Å². The molecule has 1 aromatic heterocycles. The number of carbonyl (C=O) groups excluding carboxylic acids is 1. The zero-order chi connectivity index (χ0) is 19.6. The summed E-state index contributed by atoms with van der Waals surface area (Å²) in [6.45, 7) is 3.35. The van der Waals surface area contributed by atoms with Crippen molar-refractivity contribution in [3.8, 4) is 0 Å². The van der Waals surface area contributed by atoms with Gasteiger partial charge >= 0.3 is 6.18 Å². The van der Waals surface area contributed by atoms with Gasteiger partial charge in [-0.05, 0) is 63.6 Å². The second-order valence-corrected chi connectivity index (χ2v) is 8.18. The maximum absolute atomic E-state index is 13.1. The van der Waals surface area contributed by atoms with Gasteiger partial charge in [-0.15, -0.1) is 0 Å². The van der Waals surface area contributed by atoms with Crippen molar-refractivity contribution < 1.29 is 23.1 Å². The summed E-state index contributed by atoms with van der Waals surface area (Å²) >= 11 is 0. The lowest BCUT2D eigenvalue weighted by molar-refractivity contribution is -0.137. The van der Waals surface area contributed by atoms with Crippen LogP contribution in [0.2, 0.25) is 0 Å². The van der Waals surface area contributed by atoms with E-state index in [1.807, 2.05) is 0 Å². The number of hydrogen-bond acceptors (Lipinski definition) is 3. The number of nitrogens with one attached hydrogen (secondary N) is 1. The first kappa shape index (κ1) is 18.3. The molecule has 2 atom stereocenters. The van der Waals surface area contributed by atoms with Gasteiger partial charge in [0.1, 0.15) is 0 Å². The number of nitrogens with zero attached hydrogens (tertiary/aromatic N) is 2. The fourth-order valence-electron chi connectivity index (χ4n) is 3.84. The van der Waals surface area contributed by atoms with Crippen molar-refractivity contribution in [2.24, 2.45) is 11.8 Å². The maximum atomic E-state index is 13.1. The molecule has 0 saturated heterocycles. The molecule has 0 unspecified atom stereocenters. The van der Waals surface area contributed by atoms with Crippen LogP contribution in [0.25, 0.3) is 11.0 Å². The lowest BCUT2D eigenvalue weighted by Crippen LogP contribution is -2.27. The number of halogens is 3. The second-order valence-electron chi connectivity index (χ2n) is 8.18. The predicted molar refractivity (Wildman–Crippen MR) is 94.1 cm³/mol. The van der Waals surface area contributed by atoms with E-state index in [9.17, 15) is 23.1 Å². The number of anilines is 1. The molecule has 5 nitrogen and oxygen atoms in total. The summed E-state index contributed by atoms with van der Waals surface area (Å²) in [7, 11) is 0. The minimum Gasteiger partial charge on any atom is -0.390 e. The van der Waals surface area contributed by atoms with Crippen LogP contribution in [0.5, 0.6) is 0 Å². The topological polar surface area (TPSA) is 67.2 Å². The third-order valence-corrected chi connectivity index (χ3v) is 5.73. The number of alkyl halides is 3. The molecule has 2 aromatic rings. The van der Waals surface area contributed by atoms with Crippen molar-refractivity contribution in [3.63, 3.8) is 0 Å². The zero-order valence-corrected chi connectivity index (χ0v) is 15.2. The highest BCUT2D eigenvalue weighted by Crippen LogP contribution is 2.47. The Balaban J connectivity index is 1.67. The molecule has 4 rings (SSSR count). The van der Waals surface area contributed by atoms with Crippen LogP contribution in [0.1, 0.15) is 51.1 Å². The van der Waals surface area contributed by atoms with Crippen LogP contribution in [0.15, 0.2) is 18.2 Å². The number of aromatic nitrogens is 2. The van der Waals surface area contributed by atoms with Crippen molar-refractivity contribution in [3.05, 3.63) is 23.8 Å². The third kappa shape index (κ3) is 3.31. The van der Waals surface area contributed by atoms with E-state index >= 15 is 0 Å². The van der Waals surface area contributed by atoms with Gasteiger partial charge in [0.2, 0.25) is 11.9 Å². The van der Waals surface area contributed by atoms with Crippen LogP contribution in [-0.4, -0.2) is 26.2 Å². The minimum absolute atomic E-state index is 0.0399. The van der Waals surface area contributed by atoms with Gasteiger partial charge in [0.15, 0.2) is 0 Å². The van der Waals surface area contributed by atoms with Gasteiger partial charge in [-0.2, -0.15) is 13.2 Å². The second kappa shape index (κ2) is 5.95. The van der Waals surface area contributed by atoms with Gasteiger partial charge in [0, 0.05) is 12.0 Å². The van der Waals surface area contributed by atoms with Crippen molar-refractivity contribution in [1.82, 2.24) is 9.55 Å². The van der Waals surface area contributed by atoms with Gasteiger partial charge < -0.3 is 9.67 Å². The van der Waals surface area contributed by atoms with Crippen molar-refractivity contribution in [2.75, 3.05) is 5.32 Å². The standard InChI is InChI=1S/C19H22F3N3O2/c1-18(2,27)13-9-12(13)16(26)24-17-23-14-7-6-10(19(20,21)22)8-15(14)25(17)11-4-3-5-11/h6-8,11-13,27H,3-5,9H2,1-2H3,(H,23,24,26)/t12-,13-/m0/s1. The molecule has 0 radical (unpaired) electrons. The lowest BCUT2D eigenvalue weighted by Gasteiger charge is -2.29. The Morgan fingerprint density at radius 2 is 2.00 bits per heavy atom. The van der Waals surface area contributed by atoms with Crippen LogP contribution in [0.4, 0.5) is 19.1 Å². The molecule has 0 spiro atoms. The van der Waals surface area contributed by atoms with E-state index in [1.54, 1.807) is 18.4 Å². The van der Waals surface area contributed by atoms with Gasteiger partial charge in [0.25, 0.3) is 0 Å². The molecule has 2 aliphatic carbocycles. The highest BCUT2D eigenvalue weighted by Gasteiger charge is 2.51. The molecule has 146 valence electrons. The quantitative estimate of drug-likeness (QED) is 0.837. The first-order chi connectivity index (χ1) is 12.6. The molecular weight excluding hydrogens is 359 g/mol. The van der Waals surface area contributed by atoms with Gasteiger partial charge in [-0.25, -0.2) is 4.98 Å². The SMILES string of the molecule is CC(C)(O)[C@H]1C[C@@H]1C(=O)Nc1nc2ccc(C(F)(F)F)cc2n1C1CCC1. The molecule has 1 heterocycles. The van der Waals surface area contributed by atoms with Crippen LogP contribution in [-0.2, 0) is 11.0 Å². The molecule has 2 N–H and O–H groups in total. The molecule has 0 aliphatic heterocycles. The molecule has 0 bridgehead atoms. The normalized spacial score (nSPS) is 23.3. The summed E-state index contributed by atoms with van der Waals surface area (Å²) in [5, 5.41) is 12.8. The molecule has 2 aliphatic rings. The number of rotatable bonds is 4. The van der Waals surface area contributed by atoms with Gasteiger partial charge in [-0.1, -0.05) is 0 Å². The van der Waals surface area contributed by atoms with Gasteiger partial charge in [-0.3, -0.25) is 10.1 Å². The molecule has 2 fully saturated rings. The number of imidazole rings is 1. The van der Waals surface area contributed by atoms with Crippen LogP contribution in [0.3, 0.4) is 0 Å². The number of benzene rings is 1. The Kier molecular flexibility index (Phi) is 4.03. The first-order valence-corrected chi connectivity index (χ1v) is 9.18. The smallest absolute Gasteiger partial charge is 0.390 e. The van der Waals surface area contributed by atoms with E-state index in [1.165, 1.54) is 6.07 Å². The van der Waals surface area contributed by atoms with E-state index in [0.717, 1.165) is 31.4 Å². The third-order valence-electron chi connectivity index (χ3n) is 5.73. The zero-order valence-electron chi connectivity index (χ0n) is 15.2. The summed E-state index contributed by atoms with van der Waals surface area (Å²) < 4.78 is 41.1. The van der Waals surface area contributed by atoms with Crippen molar-refractivity contribution in [1.29, 1.82) is 0 Å². The highest BCUT2D eigenvalue weighted by molar-refractivity contribution is 5.95. The fraction of sp³-hybridized carbons (Fsp3) is 0.579. The monoisotopic (exact) mass is 381 g/mol. The van der Waals surface area contributed by atoms with Crippen LogP contribution < -0.4 is 5.32 Å². The van der Waals surface area contributed by atoms with Crippen molar-refractivity contribution >= 4 is 22.9 Å². The molecule has 8 heteroatoms. The summed E-state index contributed by atoms with van der Waals surface area (Å²) in [5.74, 6) is -0.365. The summed E-state index contributed by atoms with van der Waals surface area (Å²) in [6, 6.07) is 3.50. The average Bonchev–Trinajstić information content (AvgIpc) is 3.24. The molecule has 1 amide bonds. The lowest BCUT2D eigenvalue weighted by atomic mass is 9.92. The molecule has 1 aromatic carbocycles. The number of fused-ring (bicyclic) bond motifs is 1. The first-order valence-electron chi connectivity index (χ1n) is 9.18. The molecule has 27 heavy (non-hydrogen) atoms. The number of hydrogen-bond donors (Lipinski definition) is 2. The maximum Gasteiger partial charge on any atom is 0.416 e. The summed E-state index contributed by atoms with van der Waals surface area (Å²) in [6.07, 6.45) is -1.14. The Morgan fingerprint density at radius 3 is 2.52 bits per heavy atom. The summed E-state index contributed by atoms with van der Waals surface area (Å²) in [4.78, 5) is 16.9. The summed E-state index contributed by atoms with van der Waals surface area (Å²) in [5.41, 5.74) is -0.838. The largest absolute Gasteiger partial charge is 0.416 e. The number of carbonyl (C=O) groups is 1. The van der Waals surface area contributed by atoms with E-state index in [4.69, 9.17) is 0 Å². The Morgan fingerprint density at radius 1 is 1.30 bits per heavy atom. The van der Waals surface area contributed by atoms with E-state index in [0.29, 0.717) is 23.4 Å².